The van der Waals surface area contributed by atoms with Crippen LogP contribution in [-0.2, 0) is 11.3 Å². The van der Waals surface area contributed by atoms with Crippen LogP contribution in [0.5, 0.6) is 0 Å². The van der Waals surface area contributed by atoms with Gasteiger partial charge in [0.1, 0.15) is 0 Å². The van der Waals surface area contributed by atoms with Crippen LogP contribution in [0.15, 0.2) is 66.9 Å². The Morgan fingerprint density at radius 2 is 1.79 bits per heavy atom. The van der Waals surface area contributed by atoms with E-state index in [-0.39, 0.29) is 18.2 Å². The lowest BCUT2D eigenvalue weighted by Crippen LogP contribution is -2.33. The summed E-state index contributed by atoms with van der Waals surface area (Å²) < 4.78 is 0. The van der Waals surface area contributed by atoms with Gasteiger partial charge in [-0.1, -0.05) is 42.0 Å². The highest BCUT2D eigenvalue weighted by Crippen LogP contribution is 2.38. The zero-order valence-electron chi connectivity index (χ0n) is 16.6. The maximum absolute atomic E-state index is 13.1. The molecular formula is C24H23N3O2. The van der Waals surface area contributed by atoms with Crippen molar-refractivity contribution in [2.75, 3.05) is 4.90 Å². The molecule has 3 aromatic rings. The molecule has 0 saturated carbocycles. The largest absolute Gasteiger partial charge is 0.352 e. The number of nitrogens with zero attached hydrogens (tertiary/aromatic N) is 2. The van der Waals surface area contributed by atoms with Gasteiger partial charge in [-0.25, -0.2) is 0 Å². The Morgan fingerprint density at radius 1 is 1.03 bits per heavy atom. The molecule has 2 amide bonds. The molecule has 1 aromatic heterocycles. The molecule has 1 aliphatic heterocycles. The molecule has 0 radical (unpaired) electrons. The highest BCUT2D eigenvalue weighted by Gasteiger charge is 2.39. The molecule has 1 atom stereocenters. The van der Waals surface area contributed by atoms with Crippen molar-refractivity contribution in [3.8, 4) is 0 Å². The van der Waals surface area contributed by atoms with Crippen LogP contribution >= 0.6 is 0 Å². The van der Waals surface area contributed by atoms with Gasteiger partial charge < -0.3 is 5.32 Å². The van der Waals surface area contributed by atoms with Gasteiger partial charge in [-0.15, -0.1) is 0 Å². The molecule has 4 rings (SSSR count). The molecule has 5 heteroatoms. The number of aromatic nitrogens is 1. The maximum atomic E-state index is 13.1. The zero-order chi connectivity index (χ0) is 20.4. The normalized spacial score (nSPS) is 15.3. The van der Waals surface area contributed by atoms with Gasteiger partial charge in [-0.05, 0) is 49.2 Å². The Labute approximate surface area is 170 Å². The topological polar surface area (TPSA) is 62.3 Å². The predicted molar refractivity (Wildman–Crippen MR) is 113 cm³/mol. The van der Waals surface area contributed by atoms with E-state index in [1.54, 1.807) is 23.2 Å². The number of benzene rings is 2. The number of fused-ring (bicyclic) bond motifs is 1. The van der Waals surface area contributed by atoms with Crippen molar-refractivity contribution in [3.05, 3.63) is 94.8 Å². The SMILES string of the molecule is Cc1cccc(CNC(=O)C[C@@H]2c3ncccc3C(=O)N2c2cccc(C)c2)c1. The Hall–Kier alpha value is -3.47. The second kappa shape index (κ2) is 7.87. The average Bonchev–Trinajstić information content (AvgIpc) is 2.98. The fraction of sp³-hybridized carbons (Fsp3) is 0.208. The fourth-order valence-corrected chi connectivity index (χ4v) is 3.79. The number of hydrogen-bond donors (Lipinski definition) is 1. The molecule has 0 bridgehead atoms. The van der Waals surface area contributed by atoms with E-state index in [2.05, 4.69) is 16.4 Å². The molecule has 29 heavy (non-hydrogen) atoms. The van der Waals surface area contributed by atoms with Crippen molar-refractivity contribution < 1.29 is 9.59 Å². The summed E-state index contributed by atoms with van der Waals surface area (Å²) in [5.41, 5.74) is 5.26. The second-order valence-electron chi connectivity index (χ2n) is 7.44. The van der Waals surface area contributed by atoms with E-state index in [1.807, 2.05) is 56.3 Å². The van der Waals surface area contributed by atoms with E-state index in [1.165, 1.54) is 0 Å². The van der Waals surface area contributed by atoms with E-state index in [4.69, 9.17) is 0 Å². The summed E-state index contributed by atoms with van der Waals surface area (Å²) in [6.07, 6.45) is 1.83. The van der Waals surface area contributed by atoms with Crippen molar-refractivity contribution in [3.63, 3.8) is 0 Å². The third-order valence-corrected chi connectivity index (χ3v) is 5.15. The molecule has 0 spiro atoms. The smallest absolute Gasteiger partial charge is 0.260 e. The van der Waals surface area contributed by atoms with Crippen molar-refractivity contribution in [2.45, 2.75) is 32.9 Å². The van der Waals surface area contributed by atoms with Gasteiger partial charge in [-0.2, -0.15) is 0 Å². The van der Waals surface area contributed by atoms with E-state index in [0.717, 1.165) is 22.4 Å². The molecule has 0 saturated heterocycles. The van der Waals surface area contributed by atoms with E-state index < -0.39 is 6.04 Å². The first kappa shape index (κ1) is 18.9. The van der Waals surface area contributed by atoms with Crippen LogP contribution in [0.4, 0.5) is 5.69 Å². The van der Waals surface area contributed by atoms with Gasteiger partial charge in [0.25, 0.3) is 5.91 Å². The minimum absolute atomic E-state index is 0.111. The van der Waals surface area contributed by atoms with Crippen molar-refractivity contribution in [1.82, 2.24) is 10.3 Å². The van der Waals surface area contributed by atoms with Crippen LogP contribution in [0.25, 0.3) is 0 Å². The first-order valence-corrected chi connectivity index (χ1v) is 9.70. The first-order valence-electron chi connectivity index (χ1n) is 9.70. The fourth-order valence-electron chi connectivity index (χ4n) is 3.79. The molecular weight excluding hydrogens is 362 g/mol. The van der Waals surface area contributed by atoms with E-state index in [9.17, 15) is 9.59 Å². The highest BCUT2D eigenvalue weighted by atomic mass is 16.2. The third-order valence-electron chi connectivity index (χ3n) is 5.15. The lowest BCUT2D eigenvalue weighted by Gasteiger charge is -2.25. The molecule has 1 aliphatic rings. The number of nitrogens with one attached hydrogen (secondary N) is 1. The van der Waals surface area contributed by atoms with E-state index >= 15 is 0 Å². The number of rotatable bonds is 5. The van der Waals surface area contributed by atoms with E-state index in [0.29, 0.717) is 17.8 Å². The first-order chi connectivity index (χ1) is 14.0. The predicted octanol–water partition coefficient (Wildman–Crippen LogP) is 4.11. The molecule has 5 nitrogen and oxygen atoms in total. The standard InChI is InChI=1S/C24H23N3O2/c1-16-6-3-8-18(12-16)15-26-22(28)14-21-23-20(10-5-11-25-23)24(29)27(21)19-9-4-7-17(2)13-19/h3-13,21H,14-15H2,1-2H3,(H,26,28)/t21-/m1/s1. The molecule has 1 N–H and O–H groups in total. The zero-order valence-corrected chi connectivity index (χ0v) is 16.6. The van der Waals surface area contributed by atoms with Gasteiger partial charge in [0, 0.05) is 18.4 Å². The lowest BCUT2D eigenvalue weighted by atomic mass is 10.1. The van der Waals surface area contributed by atoms with Gasteiger partial charge in [0.2, 0.25) is 5.91 Å². The van der Waals surface area contributed by atoms with Gasteiger partial charge >= 0.3 is 0 Å². The van der Waals surface area contributed by atoms with Gasteiger partial charge in [-0.3, -0.25) is 19.5 Å². The number of carbonyl (C=O) groups is 2. The maximum Gasteiger partial charge on any atom is 0.260 e. The number of hydrogen-bond acceptors (Lipinski definition) is 3. The Balaban J connectivity index is 1.57. The summed E-state index contributed by atoms with van der Waals surface area (Å²) in [5.74, 6) is -0.226. The summed E-state index contributed by atoms with van der Waals surface area (Å²) in [5, 5.41) is 2.98. The Kier molecular flexibility index (Phi) is 5.12. The molecule has 2 heterocycles. The monoisotopic (exact) mass is 385 g/mol. The van der Waals surface area contributed by atoms with Crippen molar-refractivity contribution >= 4 is 17.5 Å². The number of amides is 2. The van der Waals surface area contributed by atoms with Crippen molar-refractivity contribution in [2.24, 2.45) is 0 Å². The van der Waals surface area contributed by atoms with Crippen LogP contribution in [0.1, 0.15) is 45.2 Å². The summed E-state index contributed by atoms with van der Waals surface area (Å²) in [6.45, 7) is 4.47. The van der Waals surface area contributed by atoms with Crippen LogP contribution in [0.2, 0.25) is 0 Å². The summed E-state index contributed by atoms with van der Waals surface area (Å²) in [4.78, 5) is 31.9. The quantitative estimate of drug-likeness (QED) is 0.719. The van der Waals surface area contributed by atoms with Gasteiger partial charge in [0.15, 0.2) is 0 Å². The Bertz CT molecular complexity index is 1080. The van der Waals surface area contributed by atoms with Crippen LogP contribution in [0, 0.1) is 13.8 Å². The molecule has 0 fully saturated rings. The minimum atomic E-state index is -0.419. The highest BCUT2D eigenvalue weighted by molar-refractivity contribution is 6.11. The molecule has 0 unspecified atom stereocenters. The summed E-state index contributed by atoms with van der Waals surface area (Å²) in [6, 6.07) is 18.9. The number of carbonyl (C=O) groups excluding carboxylic acids is 2. The number of anilines is 1. The summed E-state index contributed by atoms with van der Waals surface area (Å²) >= 11 is 0. The number of aryl methyl sites for hydroxylation is 2. The van der Waals surface area contributed by atoms with Crippen LogP contribution in [0.3, 0.4) is 0 Å². The Morgan fingerprint density at radius 3 is 2.55 bits per heavy atom. The molecule has 2 aromatic carbocycles. The third kappa shape index (κ3) is 3.90. The van der Waals surface area contributed by atoms with Crippen LogP contribution in [-0.4, -0.2) is 16.8 Å². The lowest BCUT2D eigenvalue weighted by molar-refractivity contribution is -0.121. The summed E-state index contributed by atoms with van der Waals surface area (Å²) in [7, 11) is 0. The average molecular weight is 385 g/mol. The minimum Gasteiger partial charge on any atom is -0.352 e. The van der Waals surface area contributed by atoms with Crippen LogP contribution < -0.4 is 10.2 Å². The molecule has 0 aliphatic carbocycles. The molecule has 146 valence electrons. The van der Waals surface area contributed by atoms with Gasteiger partial charge in [0.05, 0.1) is 23.7 Å². The van der Waals surface area contributed by atoms with Crippen molar-refractivity contribution in [1.29, 1.82) is 0 Å². The second-order valence-corrected chi connectivity index (χ2v) is 7.44. The number of pyridine rings is 1.